The molecule has 0 aliphatic carbocycles. The van der Waals surface area contributed by atoms with Crippen molar-refractivity contribution in [2.24, 2.45) is 0 Å². The number of hydrogen-bond donors (Lipinski definition) is 1. The second-order valence-corrected chi connectivity index (χ2v) is 9.34. The van der Waals surface area contributed by atoms with Gasteiger partial charge in [-0.1, -0.05) is 42.0 Å². The first kappa shape index (κ1) is 21.6. The van der Waals surface area contributed by atoms with E-state index in [1.165, 1.54) is 28.6 Å². The highest BCUT2D eigenvalue weighted by Gasteiger charge is 2.31. The standard InChI is InChI=1S/C24H22N2O5S/c1-17-9-11-20(12-10-17)25-23(27)16-31-24(28)19-6-4-7-21(15-19)32(29,30)26-14-13-18-5-2-3-8-22(18)26/h2-12,15H,13-14,16H2,1H3,(H,25,27). The number of para-hydroxylation sites is 1. The predicted molar refractivity (Wildman–Crippen MR) is 121 cm³/mol. The lowest BCUT2D eigenvalue weighted by molar-refractivity contribution is -0.119. The topological polar surface area (TPSA) is 92.8 Å². The van der Waals surface area contributed by atoms with Crippen LogP contribution in [0.4, 0.5) is 11.4 Å². The number of carbonyl (C=O) groups is 2. The molecule has 164 valence electrons. The molecular weight excluding hydrogens is 428 g/mol. The number of sulfonamides is 1. The van der Waals surface area contributed by atoms with E-state index in [-0.39, 0.29) is 10.5 Å². The van der Waals surface area contributed by atoms with Crippen LogP contribution in [0.2, 0.25) is 0 Å². The number of nitrogens with one attached hydrogen (secondary N) is 1. The SMILES string of the molecule is Cc1ccc(NC(=O)COC(=O)c2cccc(S(=O)(=O)N3CCc4ccccc43)c2)cc1. The molecule has 0 aromatic heterocycles. The van der Waals surface area contributed by atoms with E-state index in [2.05, 4.69) is 5.32 Å². The minimum Gasteiger partial charge on any atom is -0.452 e. The molecule has 8 heteroatoms. The van der Waals surface area contributed by atoms with Crippen LogP contribution in [-0.2, 0) is 26.0 Å². The summed E-state index contributed by atoms with van der Waals surface area (Å²) in [7, 11) is -3.84. The van der Waals surface area contributed by atoms with Crippen molar-refractivity contribution in [1.82, 2.24) is 0 Å². The molecule has 0 atom stereocenters. The van der Waals surface area contributed by atoms with Crippen molar-refractivity contribution in [3.8, 4) is 0 Å². The maximum Gasteiger partial charge on any atom is 0.338 e. The molecule has 1 heterocycles. The monoisotopic (exact) mass is 450 g/mol. The maximum absolute atomic E-state index is 13.2. The van der Waals surface area contributed by atoms with Gasteiger partial charge in [-0.2, -0.15) is 0 Å². The lowest BCUT2D eigenvalue weighted by Crippen LogP contribution is -2.29. The van der Waals surface area contributed by atoms with Crippen LogP contribution in [0.5, 0.6) is 0 Å². The molecule has 0 bridgehead atoms. The van der Waals surface area contributed by atoms with E-state index in [0.717, 1.165) is 11.1 Å². The molecule has 0 spiro atoms. The predicted octanol–water partition coefficient (Wildman–Crippen LogP) is 3.54. The highest BCUT2D eigenvalue weighted by molar-refractivity contribution is 7.92. The first-order valence-electron chi connectivity index (χ1n) is 10.1. The third-order valence-corrected chi connectivity index (χ3v) is 6.98. The maximum atomic E-state index is 13.2. The molecule has 4 rings (SSSR count). The molecule has 0 saturated carbocycles. The van der Waals surface area contributed by atoms with Crippen molar-refractivity contribution in [3.05, 3.63) is 89.5 Å². The van der Waals surface area contributed by atoms with E-state index in [1.807, 2.05) is 31.2 Å². The van der Waals surface area contributed by atoms with E-state index in [9.17, 15) is 18.0 Å². The van der Waals surface area contributed by atoms with E-state index in [4.69, 9.17) is 4.74 Å². The number of hydrogen-bond acceptors (Lipinski definition) is 5. The Hall–Kier alpha value is -3.65. The van der Waals surface area contributed by atoms with E-state index >= 15 is 0 Å². The fourth-order valence-electron chi connectivity index (χ4n) is 3.52. The number of nitrogens with zero attached hydrogens (tertiary/aromatic N) is 1. The van der Waals surface area contributed by atoms with Crippen molar-refractivity contribution in [1.29, 1.82) is 0 Å². The van der Waals surface area contributed by atoms with Crippen LogP contribution < -0.4 is 9.62 Å². The van der Waals surface area contributed by atoms with Gasteiger partial charge >= 0.3 is 5.97 Å². The molecule has 0 unspecified atom stereocenters. The van der Waals surface area contributed by atoms with Gasteiger partial charge in [0, 0.05) is 12.2 Å². The van der Waals surface area contributed by atoms with Crippen molar-refractivity contribution < 1.29 is 22.7 Å². The number of ether oxygens (including phenoxy) is 1. The van der Waals surface area contributed by atoms with Gasteiger partial charge in [-0.25, -0.2) is 13.2 Å². The molecule has 1 aliphatic heterocycles. The molecular formula is C24H22N2O5S. The minimum absolute atomic E-state index is 0.00670. The molecule has 0 fully saturated rings. The molecule has 3 aromatic carbocycles. The van der Waals surface area contributed by atoms with Crippen molar-refractivity contribution >= 4 is 33.3 Å². The second-order valence-electron chi connectivity index (χ2n) is 7.47. The summed E-state index contributed by atoms with van der Waals surface area (Å²) in [5, 5.41) is 2.64. The fraction of sp³-hybridized carbons (Fsp3) is 0.167. The third kappa shape index (κ3) is 4.50. The van der Waals surface area contributed by atoms with Gasteiger partial charge in [-0.15, -0.1) is 0 Å². The number of rotatable bonds is 6. The van der Waals surface area contributed by atoms with Crippen molar-refractivity contribution in [3.63, 3.8) is 0 Å². The number of anilines is 2. The van der Waals surface area contributed by atoms with E-state index in [1.54, 1.807) is 24.3 Å². The fourth-order valence-corrected chi connectivity index (χ4v) is 5.07. The molecule has 1 N–H and O–H groups in total. The molecule has 1 amide bonds. The zero-order chi connectivity index (χ0) is 22.7. The van der Waals surface area contributed by atoms with Crippen molar-refractivity contribution in [2.45, 2.75) is 18.2 Å². The van der Waals surface area contributed by atoms with Gasteiger partial charge in [0.1, 0.15) is 0 Å². The van der Waals surface area contributed by atoms with Gasteiger partial charge in [0.25, 0.3) is 15.9 Å². The third-order valence-electron chi connectivity index (χ3n) is 5.17. The highest BCUT2D eigenvalue weighted by atomic mass is 32.2. The highest BCUT2D eigenvalue weighted by Crippen LogP contribution is 2.32. The van der Waals surface area contributed by atoms with Crippen LogP contribution in [0, 0.1) is 6.92 Å². The van der Waals surface area contributed by atoms with Crippen LogP contribution in [0.3, 0.4) is 0 Å². The van der Waals surface area contributed by atoms with Crippen LogP contribution in [0.1, 0.15) is 21.5 Å². The second kappa shape index (κ2) is 8.84. The van der Waals surface area contributed by atoms with Gasteiger partial charge in [0.05, 0.1) is 16.1 Å². The van der Waals surface area contributed by atoms with Crippen molar-refractivity contribution in [2.75, 3.05) is 22.8 Å². The van der Waals surface area contributed by atoms with E-state index < -0.39 is 28.5 Å². The number of benzene rings is 3. The summed E-state index contributed by atoms with van der Waals surface area (Å²) in [6.45, 7) is 1.79. The van der Waals surface area contributed by atoms with Crippen LogP contribution >= 0.6 is 0 Å². The molecule has 32 heavy (non-hydrogen) atoms. The minimum atomic E-state index is -3.84. The van der Waals surface area contributed by atoms with Crippen LogP contribution in [-0.4, -0.2) is 33.4 Å². The Morgan fingerprint density at radius 1 is 1.00 bits per heavy atom. The summed E-state index contributed by atoms with van der Waals surface area (Å²) < 4.78 is 32.8. The Kier molecular flexibility index (Phi) is 5.96. The average molecular weight is 451 g/mol. The summed E-state index contributed by atoms with van der Waals surface area (Å²) in [6, 6.07) is 20.2. The van der Waals surface area contributed by atoms with Gasteiger partial charge in [0.15, 0.2) is 6.61 Å². The summed E-state index contributed by atoms with van der Waals surface area (Å²) in [5.74, 6) is -1.26. The smallest absolute Gasteiger partial charge is 0.338 e. The molecule has 1 aliphatic rings. The number of aryl methyl sites for hydroxylation is 1. The number of amides is 1. The number of esters is 1. The normalized spacial score (nSPS) is 12.8. The summed E-state index contributed by atoms with van der Waals surface area (Å²) in [4.78, 5) is 24.5. The van der Waals surface area contributed by atoms with Crippen LogP contribution in [0.25, 0.3) is 0 Å². The summed E-state index contributed by atoms with van der Waals surface area (Å²) in [5.41, 5.74) is 3.32. The molecule has 3 aromatic rings. The summed E-state index contributed by atoms with van der Waals surface area (Å²) >= 11 is 0. The number of fused-ring (bicyclic) bond motifs is 1. The lowest BCUT2D eigenvalue weighted by Gasteiger charge is -2.19. The first-order chi connectivity index (χ1) is 15.3. The van der Waals surface area contributed by atoms with E-state index in [0.29, 0.717) is 24.3 Å². The summed E-state index contributed by atoms with van der Waals surface area (Å²) in [6.07, 6.45) is 0.632. The quantitative estimate of drug-likeness (QED) is 0.580. The first-order valence-corrected chi connectivity index (χ1v) is 11.5. The zero-order valence-corrected chi connectivity index (χ0v) is 18.3. The largest absolute Gasteiger partial charge is 0.452 e. The van der Waals surface area contributed by atoms with Gasteiger partial charge in [0.2, 0.25) is 0 Å². The molecule has 7 nitrogen and oxygen atoms in total. The van der Waals surface area contributed by atoms with Crippen LogP contribution in [0.15, 0.2) is 77.7 Å². The Bertz CT molecular complexity index is 1270. The zero-order valence-electron chi connectivity index (χ0n) is 17.4. The van der Waals surface area contributed by atoms with Gasteiger partial charge < -0.3 is 10.1 Å². The Labute approximate surface area is 186 Å². The van der Waals surface area contributed by atoms with Gasteiger partial charge in [-0.05, 0) is 55.3 Å². The molecule has 0 radical (unpaired) electrons. The Morgan fingerprint density at radius 2 is 1.75 bits per heavy atom. The Balaban J connectivity index is 1.44. The number of carbonyl (C=O) groups excluding carboxylic acids is 2. The molecule has 0 saturated heterocycles. The average Bonchev–Trinajstić information content (AvgIpc) is 3.24. The lowest BCUT2D eigenvalue weighted by atomic mass is 10.2. The van der Waals surface area contributed by atoms with Gasteiger partial charge in [-0.3, -0.25) is 9.10 Å². The Morgan fingerprint density at radius 3 is 2.53 bits per heavy atom.